The molecule has 2 rings (SSSR count). The van der Waals surface area contributed by atoms with Crippen molar-refractivity contribution in [3.05, 3.63) is 29.8 Å². The van der Waals surface area contributed by atoms with Gasteiger partial charge in [0.05, 0.1) is 13.2 Å². The van der Waals surface area contributed by atoms with Crippen LogP contribution in [0.15, 0.2) is 24.3 Å². The summed E-state index contributed by atoms with van der Waals surface area (Å²) >= 11 is 0. The number of anilines is 1. The van der Waals surface area contributed by atoms with Crippen molar-refractivity contribution < 1.29 is 14.6 Å². The van der Waals surface area contributed by atoms with Crippen LogP contribution in [0.2, 0.25) is 0 Å². The van der Waals surface area contributed by atoms with E-state index in [2.05, 4.69) is 0 Å². The van der Waals surface area contributed by atoms with E-state index in [-0.39, 0.29) is 18.4 Å². The van der Waals surface area contributed by atoms with Crippen LogP contribution in [0.1, 0.15) is 10.4 Å². The number of ether oxygens (including phenoxy) is 1. The van der Waals surface area contributed by atoms with E-state index in [0.29, 0.717) is 31.9 Å². The van der Waals surface area contributed by atoms with Crippen LogP contribution in [-0.4, -0.2) is 62.9 Å². The first-order chi connectivity index (χ1) is 9.61. The van der Waals surface area contributed by atoms with Gasteiger partial charge in [-0.25, -0.2) is 0 Å². The molecule has 5 heteroatoms. The first-order valence-corrected chi connectivity index (χ1v) is 6.87. The molecule has 0 radical (unpaired) electrons. The standard InChI is InChI=1S/C15H22N2O3/c1-16(2)14-5-3-4-13(8-14)15(19)17-6-7-20-11-12(9-17)10-18/h3-5,8,12,18H,6-7,9-11H2,1-2H3/t12-/m0/s1. The molecule has 1 aliphatic heterocycles. The second-order valence-corrected chi connectivity index (χ2v) is 5.32. The zero-order chi connectivity index (χ0) is 14.5. The molecule has 20 heavy (non-hydrogen) atoms. The summed E-state index contributed by atoms with van der Waals surface area (Å²) < 4.78 is 5.41. The maximum atomic E-state index is 12.6. The van der Waals surface area contributed by atoms with Gasteiger partial charge in [-0.2, -0.15) is 0 Å². The fourth-order valence-corrected chi connectivity index (χ4v) is 2.27. The van der Waals surface area contributed by atoms with Crippen molar-refractivity contribution in [2.75, 3.05) is 51.9 Å². The molecule has 1 amide bonds. The van der Waals surface area contributed by atoms with Gasteiger partial charge in [0.2, 0.25) is 0 Å². The summed E-state index contributed by atoms with van der Waals surface area (Å²) in [7, 11) is 3.90. The van der Waals surface area contributed by atoms with Crippen LogP contribution in [0.3, 0.4) is 0 Å². The number of benzene rings is 1. The minimum Gasteiger partial charge on any atom is -0.396 e. The van der Waals surface area contributed by atoms with Gasteiger partial charge >= 0.3 is 0 Å². The molecule has 1 N–H and O–H groups in total. The third-order valence-corrected chi connectivity index (χ3v) is 3.49. The number of rotatable bonds is 3. The Bertz CT molecular complexity index is 462. The number of carbonyl (C=O) groups excluding carboxylic acids is 1. The van der Waals surface area contributed by atoms with Gasteiger partial charge in [-0.05, 0) is 18.2 Å². The number of hydrogen-bond acceptors (Lipinski definition) is 4. The van der Waals surface area contributed by atoms with Crippen molar-refractivity contribution in [1.29, 1.82) is 0 Å². The predicted octanol–water partition coefficient (Wildman–Crippen LogP) is 0.833. The molecule has 0 saturated carbocycles. The van der Waals surface area contributed by atoms with E-state index in [9.17, 15) is 9.90 Å². The van der Waals surface area contributed by atoms with E-state index in [1.165, 1.54) is 0 Å². The molecule has 0 aromatic heterocycles. The first kappa shape index (κ1) is 14.8. The Morgan fingerprint density at radius 2 is 2.30 bits per heavy atom. The zero-order valence-electron chi connectivity index (χ0n) is 12.1. The molecule has 1 saturated heterocycles. The fraction of sp³-hybridized carbons (Fsp3) is 0.533. The van der Waals surface area contributed by atoms with E-state index in [1.807, 2.05) is 43.3 Å². The predicted molar refractivity (Wildman–Crippen MR) is 78.1 cm³/mol. The molecule has 1 atom stereocenters. The number of nitrogens with zero attached hydrogens (tertiary/aromatic N) is 2. The van der Waals surface area contributed by atoms with Crippen molar-refractivity contribution >= 4 is 11.6 Å². The van der Waals surface area contributed by atoms with Crippen LogP contribution in [-0.2, 0) is 4.74 Å². The van der Waals surface area contributed by atoms with Gasteiger partial charge in [-0.15, -0.1) is 0 Å². The van der Waals surface area contributed by atoms with E-state index in [1.54, 1.807) is 4.90 Å². The van der Waals surface area contributed by atoms with Crippen LogP contribution in [0.4, 0.5) is 5.69 Å². The van der Waals surface area contributed by atoms with E-state index in [4.69, 9.17) is 4.74 Å². The number of aliphatic hydroxyl groups is 1. The number of aliphatic hydroxyl groups excluding tert-OH is 1. The van der Waals surface area contributed by atoms with E-state index in [0.717, 1.165) is 5.69 Å². The molecule has 1 aromatic rings. The molecule has 0 unspecified atom stereocenters. The van der Waals surface area contributed by atoms with E-state index < -0.39 is 0 Å². The van der Waals surface area contributed by atoms with Crippen LogP contribution in [0.25, 0.3) is 0 Å². The molecular formula is C15H22N2O3. The lowest BCUT2D eigenvalue weighted by Crippen LogP contribution is -2.36. The first-order valence-electron chi connectivity index (χ1n) is 6.87. The molecule has 0 bridgehead atoms. The van der Waals surface area contributed by atoms with Crippen LogP contribution in [0, 0.1) is 5.92 Å². The molecular weight excluding hydrogens is 256 g/mol. The Morgan fingerprint density at radius 3 is 3.00 bits per heavy atom. The maximum Gasteiger partial charge on any atom is 0.254 e. The molecule has 0 spiro atoms. The zero-order valence-corrected chi connectivity index (χ0v) is 12.1. The smallest absolute Gasteiger partial charge is 0.254 e. The van der Waals surface area contributed by atoms with Gasteiger partial charge in [0.15, 0.2) is 0 Å². The van der Waals surface area contributed by atoms with Crippen molar-refractivity contribution in [3.63, 3.8) is 0 Å². The number of hydrogen-bond donors (Lipinski definition) is 1. The third-order valence-electron chi connectivity index (χ3n) is 3.49. The van der Waals surface area contributed by atoms with Crippen LogP contribution < -0.4 is 4.90 Å². The minimum atomic E-state index is -0.00218. The van der Waals surface area contributed by atoms with Gasteiger partial charge in [0.1, 0.15) is 0 Å². The highest BCUT2D eigenvalue weighted by Gasteiger charge is 2.23. The van der Waals surface area contributed by atoms with Gasteiger partial charge < -0.3 is 19.6 Å². The summed E-state index contributed by atoms with van der Waals surface area (Å²) in [5.74, 6) is -0.00358. The summed E-state index contributed by atoms with van der Waals surface area (Å²) in [6.07, 6.45) is 0. The van der Waals surface area contributed by atoms with E-state index >= 15 is 0 Å². The lowest BCUT2D eigenvalue weighted by atomic mass is 10.1. The summed E-state index contributed by atoms with van der Waals surface area (Å²) in [5.41, 5.74) is 1.68. The molecule has 1 heterocycles. The average Bonchev–Trinajstić information content (AvgIpc) is 2.72. The minimum absolute atomic E-state index is 0.00141. The largest absolute Gasteiger partial charge is 0.396 e. The average molecular weight is 278 g/mol. The highest BCUT2D eigenvalue weighted by atomic mass is 16.5. The second kappa shape index (κ2) is 6.72. The Balaban J connectivity index is 2.15. The summed E-state index contributed by atoms with van der Waals surface area (Å²) in [6, 6.07) is 7.58. The normalized spacial score (nSPS) is 19.6. The molecule has 0 aliphatic carbocycles. The van der Waals surface area contributed by atoms with Crippen molar-refractivity contribution in [2.45, 2.75) is 0 Å². The molecule has 1 fully saturated rings. The van der Waals surface area contributed by atoms with Crippen LogP contribution in [0.5, 0.6) is 0 Å². The number of carbonyl (C=O) groups is 1. The van der Waals surface area contributed by atoms with Crippen LogP contribution >= 0.6 is 0 Å². The van der Waals surface area contributed by atoms with Crippen molar-refractivity contribution in [3.8, 4) is 0 Å². The van der Waals surface area contributed by atoms with Gasteiger partial charge in [-0.3, -0.25) is 4.79 Å². The Kier molecular flexibility index (Phi) is 4.98. The molecule has 110 valence electrons. The maximum absolute atomic E-state index is 12.6. The highest BCUT2D eigenvalue weighted by molar-refractivity contribution is 5.95. The Hall–Kier alpha value is -1.59. The third kappa shape index (κ3) is 3.49. The van der Waals surface area contributed by atoms with Crippen molar-refractivity contribution in [2.24, 2.45) is 5.92 Å². The molecule has 5 nitrogen and oxygen atoms in total. The number of amides is 1. The summed E-state index contributed by atoms with van der Waals surface area (Å²) in [5, 5.41) is 9.28. The molecule has 1 aromatic carbocycles. The van der Waals surface area contributed by atoms with Gasteiger partial charge in [0, 0.05) is 51.0 Å². The summed E-state index contributed by atoms with van der Waals surface area (Å²) in [6.45, 7) is 2.19. The van der Waals surface area contributed by atoms with Gasteiger partial charge in [-0.1, -0.05) is 6.07 Å². The Morgan fingerprint density at radius 1 is 1.50 bits per heavy atom. The van der Waals surface area contributed by atoms with Gasteiger partial charge in [0.25, 0.3) is 5.91 Å². The van der Waals surface area contributed by atoms with Crippen molar-refractivity contribution in [1.82, 2.24) is 4.90 Å². The summed E-state index contributed by atoms with van der Waals surface area (Å²) in [4.78, 5) is 16.3. The lowest BCUT2D eigenvalue weighted by molar-refractivity contribution is 0.0728. The highest BCUT2D eigenvalue weighted by Crippen LogP contribution is 2.16. The second-order valence-electron chi connectivity index (χ2n) is 5.32. The fourth-order valence-electron chi connectivity index (χ4n) is 2.27. The Labute approximate surface area is 119 Å². The molecule has 1 aliphatic rings. The topological polar surface area (TPSA) is 53.0 Å². The quantitative estimate of drug-likeness (QED) is 0.890. The monoisotopic (exact) mass is 278 g/mol. The SMILES string of the molecule is CN(C)c1cccc(C(=O)N2CCOC[C@H](CO)C2)c1. The lowest BCUT2D eigenvalue weighted by Gasteiger charge is -2.23.